The Hall–Kier alpha value is -1.08. The molecule has 22 heavy (non-hydrogen) atoms. The van der Waals surface area contributed by atoms with E-state index in [1.54, 1.807) is 34.5 Å². The van der Waals surface area contributed by atoms with Crippen LogP contribution in [0.15, 0.2) is 39.2 Å². The van der Waals surface area contributed by atoms with Crippen molar-refractivity contribution in [3.05, 3.63) is 49.0 Å². The van der Waals surface area contributed by atoms with E-state index in [1.807, 2.05) is 11.4 Å². The molecule has 0 spiro atoms. The standard InChI is InChI=1S/C14H9BrCl2N2O2S/c15-8-3-4-22-13(8)12-6-10(14(20)21)18-19(12)11-2-1-7(16)5-9(11)17/h1-5,12H,6H2,(H,20,21). The van der Waals surface area contributed by atoms with Crippen LogP contribution in [0.2, 0.25) is 10.0 Å². The van der Waals surface area contributed by atoms with E-state index in [0.717, 1.165) is 9.35 Å². The Kier molecular flexibility index (Phi) is 4.45. The molecule has 1 aliphatic rings. The van der Waals surface area contributed by atoms with Crippen molar-refractivity contribution in [2.75, 3.05) is 5.01 Å². The monoisotopic (exact) mass is 418 g/mol. The highest BCUT2D eigenvalue weighted by Crippen LogP contribution is 2.43. The van der Waals surface area contributed by atoms with Gasteiger partial charge in [0.15, 0.2) is 0 Å². The second-order valence-electron chi connectivity index (χ2n) is 4.64. The van der Waals surface area contributed by atoms with Crippen LogP contribution in [-0.2, 0) is 4.79 Å². The summed E-state index contributed by atoms with van der Waals surface area (Å²) in [5.41, 5.74) is 0.740. The summed E-state index contributed by atoms with van der Waals surface area (Å²) in [6.07, 6.45) is 0.313. The van der Waals surface area contributed by atoms with Crippen molar-refractivity contribution in [1.29, 1.82) is 0 Å². The van der Waals surface area contributed by atoms with E-state index in [-0.39, 0.29) is 11.8 Å². The number of hydrogen-bond acceptors (Lipinski definition) is 4. The predicted molar refractivity (Wildman–Crippen MR) is 93.4 cm³/mol. The van der Waals surface area contributed by atoms with E-state index in [1.165, 1.54) is 0 Å². The van der Waals surface area contributed by atoms with Crippen molar-refractivity contribution in [3.8, 4) is 0 Å². The van der Waals surface area contributed by atoms with Crippen LogP contribution in [0.25, 0.3) is 0 Å². The lowest BCUT2D eigenvalue weighted by atomic mass is 10.1. The molecular weight excluding hydrogens is 411 g/mol. The Labute approximate surface area is 149 Å². The van der Waals surface area contributed by atoms with Gasteiger partial charge in [-0.05, 0) is 45.6 Å². The van der Waals surface area contributed by atoms with Crippen molar-refractivity contribution in [1.82, 2.24) is 0 Å². The molecule has 1 aliphatic heterocycles. The number of carboxylic acids is 1. The van der Waals surface area contributed by atoms with Gasteiger partial charge in [-0.1, -0.05) is 23.2 Å². The lowest BCUT2D eigenvalue weighted by Gasteiger charge is -2.24. The number of hydrogen-bond donors (Lipinski definition) is 1. The molecule has 0 fully saturated rings. The van der Waals surface area contributed by atoms with E-state index in [4.69, 9.17) is 23.2 Å². The molecule has 1 aromatic carbocycles. The zero-order valence-electron chi connectivity index (χ0n) is 11.0. The average Bonchev–Trinajstić information content (AvgIpc) is 3.04. The molecule has 114 valence electrons. The van der Waals surface area contributed by atoms with Crippen LogP contribution in [0.3, 0.4) is 0 Å². The minimum atomic E-state index is -1.02. The van der Waals surface area contributed by atoms with Gasteiger partial charge in [0.1, 0.15) is 5.71 Å². The molecule has 4 nitrogen and oxygen atoms in total. The fourth-order valence-electron chi connectivity index (χ4n) is 2.28. The summed E-state index contributed by atoms with van der Waals surface area (Å²) in [4.78, 5) is 12.3. The van der Waals surface area contributed by atoms with Crippen LogP contribution < -0.4 is 5.01 Å². The van der Waals surface area contributed by atoms with Gasteiger partial charge in [0.25, 0.3) is 0 Å². The first-order chi connectivity index (χ1) is 10.5. The SMILES string of the molecule is O=C(O)C1=NN(c2ccc(Cl)cc2Cl)C(c2sccc2Br)C1. The number of nitrogens with zero attached hydrogens (tertiary/aromatic N) is 2. The lowest BCUT2D eigenvalue weighted by molar-refractivity contribution is -0.129. The van der Waals surface area contributed by atoms with E-state index < -0.39 is 5.97 Å². The molecular formula is C14H9BrCl2N2O2S. The van der Waals surface area contributed by atoms with Crippen molar-refractivity contribution >= 4 is 67.8 Å². The number of halogens is 3. The highest BCUT2D eigenvalue weighted by atomic mass is 79.9. The number of hydrazone groups is 1. The van der Waals surface area contributed by atoms with Gasteiger partial charge >= 0.3 is 5.97 Å². The molecule has 3 rings (SSSR count). The van der Waals surface area contributed by atoms with E-state index in [0.29, 0.717) is 22.2 Å². The van der Waals surface area contributed by atoms with Crippen molar-refractivity contribution in [3.63, 3.8) is 0 Å². The maximum atomic E-state index is 11.3. The fraction of sp³-hybridized carbons (Fsp3) is 0.143. The smallest absolute Gasteiger partial charge is 0.352 e. The number of aliphatic carboxylic acids is 1. The second-order valence-corrected chi connectivity index (χ2v) is 7.29. The predicted octanol–water partition coefficient (Wildman–Crippen LogP) is 5.21. The molecule has 0 bridgehead atoms. The number of carboxylic acid groups (broad SMARTS) is 1. The van der Waals surface area contributed by atoms with Gasteiger partial charge in [0.2, 0.25) is 0 Å². The lowest BCUT2D eigenvalue weighted by Crippen LogP contribution is -2.18. The van der Waals surface area contributed by atoms with Crippen LogP contribution >= 0.6 is 50.5 Å². The zero-order chi connectivity index (χ0) is 15.9. The molecule has 8 heteroatoms. The van der Waals surface area contributed by atoms with Gasteiger partial charge in [-0.25, -0.2) is 4.79 Å². The molecule has 0 radical (unpaired) electrons. The number of carbonyl (C=O) groups is 1. The summed E-state index contributed by atoms with van der Waals surface area (Å²) in [6, 6.07) is 6.79. The molecule has 1 unspecified atom stereocenters. The fourth-order valence-corrected chi connectivity index (χ4v) is 4.49. The van der Waals surface area contributed by atoms with Gasteiger partial charge in [-0.3, -0.25) is 5.01 Å². The van der Waals surface area contributed by atoms with Crippen LogP contribution in [0.4, 0.5) is 5.69 Å². The van der Waals surface area contributed by atoms with E-state index >= 15 is 0 Å². The molecule has 1 aromatic heterocycles. The third-order valence-electron chi connectivity index (χ3n) is 3.26. The first-order valence-corrected chi connectivity index (χ1v) is 8.68. The summed E-state index contributed by atoms with van der Waals surface area (Å²) in [7, 11) is 0. The Morgan fingerprint density at radius 3 is 2.77 bits per heavy atom. The highest BCUT2D eigenvalue weighted by Gasteiger charge is 2.35. The van der Waals surface area contributed by atoms with Crippen molar-refractivity contribution in [2.24, 2.45) is 5.10 Å². The van der Waals surface area contributed by atoms with Gasteiger partial charge < -0.3 is 5.11 Å². The third-order valence-corrected chi connectivity index (χ3v) is 5.77. The first-order valence-electron chi connectivity index (χ1n) is 6.25. The molecule has 0 saturated carbocycles. The maximum absolute atomic E-state index is 11.3. The Morgan fingerprint density at radius 2 is 2.18 bits per heavy atom. The van der Waals surface area contributed by atoms with Crippen LogP contribution in [-0.4, -0.2) is 16.8 Å². The summed E-state index contributed by atoms with van der Waals surface area (Å²) in [5.74, 6) is -1.02. The second kappa shape index (κ2) is 6.20. The summed E-state index contributed by atoms with van der Waals surface area (Å²) in [5, 5.41) is 18.0. The number of benzene rings is 1. The van der Waals surface area contributed by atoms with E-state index in [9.17, 15) is 9.90 Å². The molecule has 2 heterocycles. The minimum absolute atomic E-state index is 0.108. The van der Waals surface area contributed by atoms with Gasteiger partial charge in [-0.15, -0.1) is 11.3 Å². The molecule has 1 atom stereocenters. The minimum Gasteiger partial charge on any atom is -0.477 e. The van der Waals surface area contributed by atoms with Gasteiger partial charge in [-0.2, -0.15) is 5.10 Å². The van der Waals surface area contributed by atoms with Gasteiger partial charge in [0.05, 0.1) is 16.8 Å². The summed E-state index contributed by atoms with van der Waals surface area (Å²) >= 11 is 17.2. The van der Waals surface area contributed by atoms with Crippen molar-refractivity contribution < 1.29 is 9.90 Å². The normalized spacial score (nSPS) is 17.7. The van der Waals surface area contributed by atoms with Crippen LogP contribution in [0.5, 0.6) is 0 Å². The highest BCUT2D eigenvalue weighted by molar-refractivity contribution is 9.10. The van der Waals surface area contributed by atoms with E-state index in [2.05, 4.69) is 21.0 Å². The van der Waals surface area contributed by atoms with Crippen LogP contribution in [0.1, 0.15) is 17.3 Å². The first kappa shape index (κ1) is 15.8. The zero-order valence-corrected chi connectivity index (χ0v) is 14.9. The molecule has 1 N–H and O–H groups in total. The summed E-state index contributed by atoms with van der Waals surface area (Å²) in [6.45, 7) is 0. The molecule has 0 aliphatic carbocycles. The number of thiophene rings is 1. The Balaban J connectivity index is 2.07. The quantitative estimate of drug-likeness (QED) is 0.742. The third kappa shape index (κ3) is 2.88. The topological polar surface area (TPSA) is 52.9 Å². The molecule has 2 aromatic rings. The van der Waals surface area contributed by atoms with Crippen LogP contribution in [0, 0.1) is 0 Å². The van der Waals surface area contributed by atoms with Gasteiger partial charge in [0, 0.05) is 20.8 Å². The van der Waals surface area contributed by atoms with Crippen molar-refractivity contribution in [2.45, 2.75) is 12.5 Å². The largest absolute Gasteiger partial charge is 0.477 e. The molecule has 0 amide bonds. The molecule has 0 saturated heterocycles. The number of anilines is 1. The summed E-state index contributed by atoms with van der Waals surface area (Å²) < 4.78 is 0.930. The maximum Gasteiger partial charge on any atom is 0.352 e. The Morgan fingerprint density at radius 1 is 1.41 bits per heavy atom. The Bertz CT molecular complexity index is 778. The average molecular weight is 420 g/mol. The number of rotatable bonds is 3.